The Bertz CT molecular complexity index is 1210. The van der Waals surface area contributed by atoms with E-state index in [1.807, 2.05) is 37.3 Å². The van der Waals surface area contributed by atoms with E-state index in [0.29, 0.717) is 22.7 Å². The number of thiophene rings is 1. The molecule has 0 bridgehead atoms. The predicted octanol–water partition coefficient (Wildman–Crippen LogP) is 3.03. The number of rotatable bonds is 8. The molecule has 3 N–H and O–H groups in total. The van der Waals surface area contributed by atoms with Gasteiger partial charge in [-0.15, -0.1) is 11.3 Å². The number of anilines is 2. The fourth-order valence-electron chi connectivity index (χ4n) is 3.17. The van der Waals surface area contributed by atoms with Gasteiger partial charge in [0, 0.05) is 6.54 Å². The van der Waals surface area contributed by atoms with Crippen LogP contribution < -0.4 is 21.9 Å². The fraction of sp³-hybridized carbons (Fsp3) is 0.273. The van der Waals surface area contributed by atoms with Gasteiger partial charge in [-0.2, -0.15) is 0 Å². The van der Waals surface area contributed by atoms with E-state index in [0.717, 1.165) is 23.3 Å². The summed E-state index contributed by atoms with van der Waals surface area (Å²) in [6.07, 6.45) is 1.52. The number of hydrogen-bond acceptors (Lipinski definition) is 6. The van der Waals surface area contributed by atoms with Crippen LogP contribution in [0.2, 0.25) is 0 Å². The number of unbranched alkanes of at least 4 members (excludes halogenated alkanes) is 1. The number of carbonyl (C=O) groups is 2. The first-order valence-electron chi connectivity index (χ1n) is 9.92. The molecule has 0 unspecified atom stereocenters. The largest absolute Gasteiger partial charge is 0.383 e. The molecule has 2 aromatic heterocycles. The van der Waals surface area contributed by atoms with Crippen LogP contribution in [0.15, 0.2) is 52.1 Å². The molecule has 0 saturated heterocycles. The van der Waals surface area contributed by atoms with E-state index in [-0.39, 0.29) is 23.8 Å². The molecule has 0 atom stereocenters. The lowest BCUT2D eigenvalue weighted by molar-refractivity contribution is 0.0987. The van der Waals surface area contributed by atoms with Gasteiger partial charge in [0.1, 0.15) is 5.82 Å². The van der Waals surface area contributed by atoms with Gasteiger partial charge in [0.25, 0.3) is 11.5 Å². The molecular formula is C22H24N4O4S. The molecule has 0 aliphatic carbocycles. The maximum Gasteiger partial charge on any atom is 0.330 e. The van der Waals surface area contributed by atoms with Crippen molar-refractivity contribution >= 4 is 34.5 Å². The van der Waals surface area contributed by atoms with Crippen molar-refractivity contribution in [3.63, 3.8) is 0 Å². The second-order valence-corrected chi connectivity index (χ2v) is 8.18. The minimum absolute atomic E-state index is 0.0603. The standard InChI is InChI=1S/C22H24N4O4S/c1-3-4-12-25-19(23)18(20(28)24-22(25)30)26(13-15-8-6-5-7-9-15)21(29)17-11-10-16(31-17)14(2)27/h5-11H,3-4,12-13,23H2,1-2H3,(H,24,28,30). The number of carbonyl (C=O) groups excluding carboxylic acids is 2. The summed E-state index contributed by atoms with van der Waals surface area (Å²) in [5, 5.41) is 0. The Morgan fingerprint density at radius 3 is 2.39 bits per heavy atom. The molecule has 3 aromatic rings. The summed E-state index contributed by atoms with van der Waals surface area (Å²) in [5.74, 6) is -0.682. The molecule has 9 heteroatoms. The maximum atomic E-state index is 13.4. The smallest absolute Gasteiger partial charge is 0.330 e. The van der Waals surface area contributed by atoms with Crippen molar-refractivity contribution in [3.05, 3.63) is 78.6 Å². The van der Waals surface area contributed by atoms with Crippen molar-refractivity contribution < 1.29 is 9.59 Å². The van der Waals surface area contributed by atoms with E-state index in [2.05, 4.69) is 4.98 Å². The van der Waals surface area contributed by atoms with E-state index < -0.39 is 17.2 Å². The van der Waals surface area contributed by atoms with Gasteiger partial charge in [-0.3, -0.25) is 28.8 Å². The Morgan fingerprint density at radius 1 is 1.10 bits per heavy atom. The van der Waals surface area contributed by atoms with Gasteiger partial charge >= 0.3 is 5.69 Å². The lowest BCUT2D eigenvalue weighted by Crippen LogP contribution is -2.40. The Labute approximate surface area is 183 Å². The van der Waals surface area contributed by atoms with Gasteiger partial charge in [0.2, 0.25) is 0 Å². The molecule has 0 fully saturated rings. The molecule has 1 aromatic carbocycles. The van der Waals surface area contributed by atoms with Gasteiger partial charge < -0.3 is 5.73 Å². The number of hydrogen-bond donors (Lipinski definition) is 2. The third-order valence-electron chi connectivity index (χ3n) is 4.81. The van der Waals surface area contributed by atoms with Crippen molar-refractivity contribution in [3.8, 4) is 0 Å². The molecule has 0 aliphatic rings. The van der Waals surface area contributed by atoms with Crippen LogP contribution in [0.3, 0.4) is 0 Å². The summed E-state index contributed by atoms with van der Waals surface area (Å²) in [5.41, 5.74) is 5.61. The highest BCUT2D eigenvalue weighted by molar-refractivity contribution is 7.16. The molecule has 0 spiro atoms. The summed E-state index contributed by atoms with van der Waals surface area (Å²) in [6, 6.07) is 12.3. The number of H-pyrrole nitrogens is 1. The molecule has 2 heterocycles. The second kappa shape index (κ2) is 9.57. The third-order valence-corrected chi connectivity index (χ3v) is 5.99. The Balaban J connectivity index is 2.14. The molecule has 162 valence electrons. The summed E-state index contributed by atoms with van der Waals surface area (Å²) in [4.78, 5) is 54.5. The van der Waals surface area contributed by atoms with Gasteiger partial charge in [-0.1, -0.05) is 43.7 Å². The van der Waals surface area contributed by atoms with Crippen LogP contribution in [0.1, 0.15) is 51.6 Å². The third kappa shape index (κ3) is 4.83. The van der Waals surface area contributed by atoms with Crippen molar-refractivity contribution in [1.82, 2.24) is 9.55 Å². The first-order chi connectivity index (χ1) is 14.8. The average Bonchev–Trinajstić information content (AvgIpc) is 3.23. The van der Waals surface area contributed by atoms with Crippen LogP contribution in [-0.2, 0) is 13.1 Å². The summed E-state index contributed by atoms with van der Waals surface area (Å²) < 4.78 is 1.28. The zero-order valence-electron chi connectivity index (χ0n) is 17.4. The zero-order valence-corrected chi connectivity index (χ0v) is 18.2. The minimum Gasteiger partial charge on any atom is -0.383 e. The van der Waals surface area contributed by atoms with Crippen LogP contribution in [0.4, 0.5) is 11.5 Å². The molecular weight excluding hydrogens is 416 g/mol. The van der Waals surface area contributed by atoms with E-state index in [4.69, 9.17) is 5.73 Å². The van der Waals surface area contributed by atoms with Crippen LogP contribution in [0.25, 0.3) is 0 Å². The maximum absolute atomic E-state index is 13.4. The van der Waals surface area contributed by atoms with Gasteiger partial charge in [-0.05, 0) is 31.0 Å². The number of nitrogens with zero attached hydrogens (tertiary/aromatic N) is 2. The SMILES string of the molecule is CCCCn1c(N)c(N(Cc2ccccc2)C(=O)c2ccc(C(C)=O)s2)c(=O)[nH]c1=O. The number of benzene rings is 1. The highest BCUT2D eigenvalue weighted by Crippen LogP contribution is 2.25. The highest BCUT2D eigenvalue weighted by Gasteiger charge is 2.27. The van der Waals surface area contributed by atoms with Crippen molar-refractivity contribution in [2.75, 3.05) is 10.6 Å². The number of aromatic nitrogens is 2. The second-order valence-electron chi connectivity index (χ2n) is 7.10. The zero-order chi connectivity index (χ0) is 22.5. The lowest BCUT2D eigenvalue weighted by atomic mass is 10.2. The Hall–Kier alpha value is -3.46. The topological polar surface area (TPSA) is 118 Å². The molecule has 0 aliphatic heterocycles. The van der Waals surface area contributed by atoms with Crippen LogP contribution in [-0.4, -0.2) is 21.2 Å². The minimum atomic E-state index is -0.733. The van der Waals surface area contributed by atoms with E-state index in [1.54, 1.807) is 12.1 Å². The monoisotopic (exact) mass is 440 g/mol. The van der Waals surface area contributed by atoms with E-state index in [9.17, 15) is 19.2 Å². The number of Topliss-reactive ketones (excluding diaryl/α,β-unsaturated/α-hetero) is 1. The van der Waals surface area contributed by atoms with Crippen molar-refractivity contribution in [1.29, 1.82) is 0 Å². The molecule has 0 saturated carbocycles. The van der Waals surface area contributed by atoms with Crippen LogP contribution >= 0.6 is 11.3 Å². The Morgan fingerprint density at radius 2 is 1.77 bits per heavy atom. The molecule has 31 heavy (non-hydrogen) atoms. The molecule has 1 amide bonds. The predicted molar refractivity (Wildman–Crippen MR) is 122 cm³/mol. The molecule has 8 nitrogen and oxygen atoms in total. The quantitative estimate of drug-likeness (QED) is 0.522. The summed E-state index contributed by atoms with van der Waals surface area (Å²) in [6.45, 7) is 3.80. The first-order valence-corrected chi connectivity index (χ1v) is 10.7. The average molecular weight is 441 g/mol. The highest BCUT2D eigenvalue weighted by atomic mass is 32.1. The van der Waals surface area contributed by atoms with E-state index in [1.165, 1.54) is 16.4 Å². The number of nitrogens with two attached hydrogens (primary N) is 1. The summed E-state index contributed by atoms with van der Waals surface area (Å²) in [7, 11) is 0. The lowest BCUT2D eigenvalue weighted by Gasteiger charge is -2.24. The van der Waals surface area contributed by atoms with Crippen molar-refractivity contribution in [2.45, 2.75) is 39.8 Å². The van der Waals surface area contributed by atoms with Gasteiger partial charge in [-0.25, -0.2) is 4.79 Å². The molecule has 0 radical (unpaired) electrons. The number of nitrogens with one attached hydrogen (secondary N) is 1. The fourth-order valence-corrected chi connectivity index (χ4v) is 4.02. The van der Waals surface area contributed by atoms with Gasteiger partial charge in [0.15, 0.2) is 11.5 Å². The van der Waals surface area contributed by atoms with Gasteiger partial charge in [0.05, 0.1) is 16.3 Å². The van der Waals surface area contributed by atoms with E-state index >= 15 is 0 Å². The number of amides is 1. The normalized spacial score (nSPS) is 10.8. The first kappa shape index (κ1) is 22.2. The number of ketones is 1. The van der Waals surface area contributed by atoms with Crippen LogP contribution in [0.5, 0.6) is 0 Å². The van der Waals surface area contributed by atoms with Crippen molar-refractivity contribution in [2.24, 2.45) is 0 Å². The van der Waals surface area contributed by atoms with Crippen LogP contribution in [0, 0.1) is 0 Å². The summed E-state index contributed by atoms with van der Waals surface area (Å²) >= 11 is 1.05. The number of nitrogen functional groups attached to an aromatic ring is 1. The molecule has 3 rings (SSSR count). The number of aromatic amines is 1. The Kier molecular flexibility index (Phi) is 6.86.